The van der Waals surface area contributed by atoms with Crippen LogP contribution in [0.4, 0.5) is 0 Å². The molecule has 284 valence electrons. The number of aliphatic carboxylic acids is 1. The van der Waals surface area contributed by atoms with Crippen LogP contribution in [0.15, 0.2) is 72.9 Å². The minimum absolute atomic E-state index is 0.0545. The summed E-state index contributed by atoms with van der Waals surface area (Å²) in [5, 5.41) is 11.9. The Morgan fingerprint density at radius 2 is 1.08 bits per heavy atom. The van der Waals surface area contributed by atoms with Gasteiger partial charge in [-0.3, -0.25) is 9.59 Å². The summed E-state index contributed by atoms with van der Waals surface area (Å²) in [7, 11) is 0. The Labute approximate surface area is 305 Å². The van der Waals surface area contributed by atoms with Crippen molar-refractivity contribution in [3.05, 3.63) is 72.9 Å². The highest BCUT2D eigenvalue weighted by Crippen LogP contribution is 2.18. The summed E-state index contributed by atoms with van der Waals surface area (Å²) < 4.78 is 5.92. The molecule has 0 aliphatic rings. The second-order valence-electron chi connectivity index (χ2n) is 13.0. The van der Waals surface area contributed by atoms with E-state index in [2.05, 4.69) is 92.1 Å². The molecule has 2 atom stereocenters. The molecule has 1 amide bonds. The number of rotatable bonds is 34. The van der Waals surface area contributed by atoms with Crippen molar-refractivity contribution in [2.75, 3.05) is 6.54 Å². The van der Waals surface area contributed by atoms with E-state index in [1.165, 1.54) is 32.1 Å². The number of unbranched alkanes of at least 4 members (excludes halogenated alkanes) is 8. The molecule has 0 spiro atoms. The molecule has 0 radical (unpaired) electrons. The lowest BCUT2D eigenvalue weighted by Crippen LogP contribution is -2.40. The van der Waals surface area contributed by atoms with Crippen LogP contribution in [0.25, 0.3) is 0 Å². The number of carbonyl (C=O) groups excluding carboxylic acids is 2. The summed E-state index contributed by atoms with van der Waals surface area (Å²) in [5.74, 6) is -1.37. The standard InChI is InChI=1S/C43H72N2O5/c1-3-5-7-9-11-12-13-14-15-16-17-18-19-20-21-22-23-25-31-37-42(47)50-39(33-28-24-10-8-6-4-2)34-29-26-27-30-36-41(46)45-40(43(48)49)35-32-38-44/h5,7,11-12,14-15,17-18,20-21,23,25,39-40H,3-4,6,8-10,13,16,19,22,24,26-38,44H2,1-2H3,(H,45,46)(H,48,49)/b7-5-,12-11-,15-14-,18-17-,21-20-,25-23-. The van der Waals surface area contributed by atoms with Crippen molar-refractivity contribution in [3.8, 4) is 0 Å². The molecule has 2 unspecified atom stereocenters. The van der Waals surface area contributed by atoms with Crippen LogP contribution in [0.2, 0.25) is 0 Å². The summed E-state index contributed by atoms with van der Waals surface area (Å²) in [6.07, 6.45) is 46.7. The number of carboxylic acids is 1. The molecule has 0 aliphatic carbocycles. The molecule has 0 aromatic carbocycles. The molecule has 0 fully saturated rings. The van der Waals surface area contributed by atoms with Gasteiger partial charge in [-0.15, -0.1) is 0 Å². The van der Waals surface area contributed by atoms with Crippen molar-refractivity contribution in [1.29, 1.82) is 0 Å². The monoisotopic (exact) mass is 697 g/mol. The topological polar surface area (TPSA) is 119 Å². The third-order valence-corrected chi connectivity index (χ3v) is 8.30. The zero-order chi connectivity index (χ0) is 36.8. The SMILES string of the molecule is CC/C=C\C/C=C\C/C=C\C/C=C\C/C=C\C/C=C\CCC(=O)OC(CCCCCCCC)CCCCCCC(=O)NC(CCCN)C(=O)O. The summed E-state index contributed by atoms with van der Waals surface area (Å²) in [6.45, 7) is 4.77. The third-order valence-electron chi connectivity index (χ3n) is 8.30. The minimum Gasteiger partial charge on any atom is -0.480 e. The fraction of sp³-hybridized carbons (Fsp3) is 0.651. The molecule has 0 rings (SSSR count). The molecule has 7 nitrogen and oxygen atoms in total. The van der Waals surface area contributed by atoms with Gasteiger partial charge in [0.1, 0.15) is 12.1 Å². The first-order chi connectivity index (χ1) is 24.4. The predicted molar refractivity (Wildman–Crippen MR) is 211 cm³/mol. The second-order valence-corrected chi connectivity index (χ2v) is 13.0. The third kappa shape index (κ3) is 33.3. The molecule has 0 saturated carbocycles. The first-order valence-corrected chi connectivity index (χ1v) is 19.8. The van der Waals surface area contributed by atoms with Crippen LogP contribution in [0.5, 0.6) is 0 Å². The van der Waals surface area contributed by atoms with E-state index < -0.39 is 12.0 Å². The number of carbonyl (C=O) groups is 3. The highest BCUT2D eigenvalue weighted by atomic mass is 16.5. The number of ether oxygens (including phenoxy) is 1. The van der Waals surface area contributed by atoms with Crippen molar-refractivity contribution >= 4 is 17.8 Å². The van der Waals surface area contributed by atoms with Crippen LogP contribution in [0.3, 0.4) is 0 Å². The highest BCUT2D eigenvalue weighted by molar-refractivity contribution is 5.83. The Morgan fingerprint density at radius 1 is 0.600 bits per heavy atom. The Bertz CT molecular complexity index is 1010. The van der Waals surface area contributed by atoms with Crippen molar-refractivity contribution in [2.45, 2.75) is 174 Å². The van der Waals surface area contributed by atoms with Crippen molar-refractivity contribution in [2.24, 2.45) is 5.73 Å². The normalized spacial score (nSPS) is 13.5. The summed E-state index contributed by atoms with van der Waals surface area (Å²) in [6, 6.07) is -0.872. The second kappa shape index (κ2) is 37.1. The molecule has 0 aromatic heterocycles. The van der Waals surface area contributed by atoms with Crippen LogP contribution in [-0.4, -0.2) is 41.6 Å². The maximum Gasteiger partial charge on any atom is 0.326 e. The van der Waals surface area contributed by atoms with E-state index in [1.807, 2.05) is 0 Å². The van der Waals surface area contributed by atoms with Crippen molar-refractivity contribution in [3.63, 3.8) is 0 Å². The Balaban J connectivity index is 4.31. The maximum absolute atomic E-state index is 12.6. The Kier molecular flexibility index (Phi) is 34.7. The zero-order valence-corrected chi connectivity index (χ0v) is 31.7. The maximum atomic E-state index is 12.6. The van der Waals surface area contributed by atoms with Gasteiger partial charge in [0.25, 0.3) is 0 Å². The quantitative estimate of drug-likeness (QED) is 0.0350. The fourth-order valence-corrected chi connectivity index (χ4v) is 5.36. The number of nitrogens with two attached hydrogens (primary N) is 1. The summed E-state index contributed by atoms with van der Waals surface area (Å²) in [5.41, 5.74) is 5.47. The van der Waals surface area contributed by atoms with Gasteiger partial charge in [0, 0.05) is 12.8 Å². The van der Waals surface area contributed by atoms with Crippen molar-refractivity contribution < 1.29 is 24.2 Å². The first kappa shape index (κ1) is 46.8. The number of carboxylic acid groups (broad SMARTS) is 1. The lowest BCUT2D eigenvalue weighted by Gasteiger charge is -2.18. The number of esters is 1. The lowest BCUT2D eigenvalue weighted by molar-refractivity contribution is -0.149. The van der Waals surface area contributed by atoms with Gasteiger partial charge in [-0.2, -0.15) is 0 Å². The molecule has 0 bridgehead atoms. The lowest BCUT2D eigenvalue weighted by atomic mass is 10.0. The Hall–Kier alpha value is -3.19. The van der Waals surface area contributed by atoms with Gasteiger partial charge in [0.2, 0.25) is 5.91 Å². The molecule has 4 N–H and O–H groups in total. The van der Waals surface area contributed by atoms with Crippen LogP contribution < -0.4 is 11.1 Å². The molecular formula is C43H72N2O5. The summed E-state index contributed by atoms with van der Waals surface area (Å²) in [4.78, 5) is 36.2. The van der Waals surface area contributed by atoms with Gasteiger partial charge >= 0.3 is 11.9 Å². The number of hydrogen-bond acceptors (Lipinski definition) is 5. The molecular weight excluding hydrogens is 624 g/mol. The van der Waals surface area contributed by atoms with Gasteiger partial charge in [-0.25, -0.2) is 4.79 Å². The van der Waals surface area contributed by atoms with Crippen LogP contribution in [0, 0.1) is 0 Å². The number of nitrogens with one attached hydrogen (secondary N) is 1. The van der Waals surface area contributed by atoms with Crippen LogP contribution in [0.1, 0.15) is 162 Å². The van der Waals surface area contributed by atoms with E-state index in [0.717, 1.165) is 77.0 Å². The average molecular weight is 697 g/mol. The summed E-state index contributed by atoms with van der Waals surface area (Å²) >= 11 is 0. The van der Waals surface area contributed by atoms with E-state index in [0.29, 0.717) is 45.1 Å². The largest absolute Gasteiger partial charge is 0.480 e. The van der Waals surface area contributed by atoms with E-state index in [4.69, 9.17) is 10.5 Å². The molecule has 0 aromatic rings. The smallest absolute Gasteiger partial charge is 0.326 e. The highest BCUT2D eigenvalue weighted by Gasteiger charge is 2.19. The van der Waals surface area contributed by atoms with Gasteiger partial charge in [-0.1, -0.05) is 132 Å². The first-order valence-electron chi connectivity index (χ1n) is 19.8. The molecule has 0 heterocycles. The van der Waals surface area contributed by atoms with Gasteiger partial charge < -0.3 is 20.9 Å². The van der Waals surface area contributed by atoms with E-state index >= 15 is 0 Å². The van der Waals surface area contributed by atoms with Crippen LogP contribution >= 0.6 is 0 Å². The van der Waals surface area contributed by atoms with Gasteiger partial charge in [0.15, 0.2) is 0 Å². The fourth-order valence-electron chi connectivity index (χ4n) is 5.36. The van der Waals surface area contributed by atoms with Crippen LogP contribution in [-0.2, 0) is 19.1 Å². The van der Waals surface area contributed by atoms with E-state index in [1.54, 1.807) is 0 Å². The number of allylic oxidation sites excluding steroid dienone is 12. The molecule has 0 saturated heterocycles. The van der Waals surface area contributed by atoms with E-state index in [-0.39, 0.29) is 18.0 Å². The molecule has 0 aliphatic heterocycles. The van der Waals surface area contributed by atoms with E-state index in [9.17, 15) is 19.5 Å². The number of hydrogen-bond donors (Lipinski definition) is 3. The van der Waals surface area contributed by atoms with Crippen molar-refractivity contribution in [1.82, 2.24) is 5.32 Å². The minimum atomic E-state index is -1.02. The Morgan fingerprint density at radius 3 is 1.58 bits per heavy atom. The molecule has 50 heavy (non-hydrogen) atoms. The van der Waals surface area contributed by atoms with Gasteiger partial charge in [-0.05, 0) is 96.4 Å². The zero-order valence-electron chi connectivity index (χ0n) is 31.7. The average Bonchev–Trinajstić information content (AvgIpc) is 3.10. The number of amides is 1. The predicted octanol–water partition coefficient (Wildman–Crippen LogP) is 10.8. The van der Waals surface area contributed by atoms with Gasteiger partial charge in [0.05, 0.1) is 0 Å². The molecule has 7 heteroatoms.